The van der Waals surface area contributed by atoms with Gasteiger partial charge in [-0.3, -0.25) is 0 Å². The van der Waals surface area contributed by atoms with Crippen molar-refractivity contribution in [1.29, 1.82) is 0 Å². The Morgan fingerprint density at radius 2 is 1.83 bits per heavy atom. The number of carbonyl (C=O) groups is 1. The number of ether oxygens (including phenoxy) is 1. The molecule has 0 unspecified atom stereocenters. The summed E-state index contributed by atoms with van der Waals surface area (Å²) in [5.41, 5.74) is 5.74. The number of aromatic carboxylic acids is 1. The van der Waals surface area contributed by atoms with Crippen LogP contribution in [-0.2, 0) is 6.42 Å². The first-order chi connectivity index (χ1) is 14.6. The summed E-state index contributed by atoms with van der Waals surface area (Å²) < 4.78 is 7.39. The molecular formula is C26H23NO3. The highest BCUT2D eigenvalue weighted by Gasteiger charge is 2.25. The second-order valence-corrected chi connectivity index (χ2v) is 7.95. The van der Waals surface area contributed by atoms with Crippen LogP contribution >= 0.6 is 0 Å². The van der Waals surface area contributed by atoms with Crippen molar-refractivity contribution in [2.24, 2.45) is 0 Å². The zero-order valence-corrected chi connectivity index (χ0v) is 16.8. The van der Waals surface area contributed by atoms with E-state index < -0.39 is 5.97 Å². The number of aromatic nitrogens is 1. The number of carboxylic acid groups (broad SMARTS) is 1. The average Bonchev–Trinajstić information content (AvgIpc) is 3.53. The third kappa shape index (κ3) is 3.45. The van der Waals surface area contributed by atoms with E-state index in [1.165, 1.54) is 12.8 Å². The smallest absolute Gasteiger partial charge is 0.335 e. The van der Waals surface area contributed by atoms with Gasteiger partial charge in [-0.1, -0.05) is 18.2 Å². The number of benzene rings is 3. The van der Waals surface area contributed by atoms with Gasteiger partial charge in [-0.15, -0.1) is 0 Å². The molecule has 1 saturated carbocycles. The first-order valence-electron chi connectivity index (χ1n) is 10.2. The van der Waals surface area contributed by atoms with Gasteiger partial charge in [0.25, 0.3) is 0 Å². The van der Waals surface area contributed by atoms with Gasteiger partial charge in [0.2, 0.25) is 0 Å². The quantitative estimate of drug-likeness (QED) is 0.447. The minimum atomic E-state index is -0.848. The van der Waals surface area contributed by atoms with Crippen molar-refractivity contribution in [3.63, 3.8) is 0 Å². The van der Waals surface area contributed by atoms with Gasteiger partial charge in [-0.2, -0.15) is 0 Å². The van der Waals surface area contributed by atoms with Gasteiger partial charge in [0.15, 0.2) is 0 Å². The number of carboxylic acids is 1. The Balaban J connectivity index is 1.45. The van der Waals surface area contributed by atoms with E-state index in [-0.39, 0.29) is 0 Å². The molecule has 1 aliphatic carbocycles. The van der Waals surface area contributed by atoms with Crippen LogP contribution in [0.4, 0.5) is 0 Å². The van der Waals surface area contributed by atoms with Crippen molar-refractivity contribution in [1.82, 2.24) is 4.57 Å². The molecule has 1 fully saturated rings. The summed E-state index contributed by atoms with van der Waals surface area (Å²) in [4.78, 5) is 11.8. The molecule has 0 saturated heterocycles. The third-order valence-corrected chi connectivity index (χ3v) is 5.91. The predicted octanol–water partition coefficient (Wildman–Crippen LogP) is 5.81. The molecule has 0 atom stereocenters. The van der Waals surface area contributed by atoms with Crippen LogP contribution in [-0.4, -0.2) is 22.8 Å². The Morgan fingerprint density at radius 3 is 2.53 bits per heavy atom. The van der Waals surface area contributed by atoms with Crippen LogP contribution in [0.15, 0.2) is 72.9 Å². The summed E-state index contributed by atoms with van der Waals surface area (Å²) in [7, 11) is 1.66. The van der Waals surface area contributed by atoms with Crippen molar-refractivity contribution in [3.8, 4) is 11.4 Å². The van der Waals surface area contributed by atoms with E-state index in [2.05, 4.69) is 41.1 Å². The molecule has 0 spiro atoms. The molecule has 0 bridgehead atoms. The van der Waals surface area contributed by atoms with Gasteiger partial charge in [0.05, 0.1) is 18.2 Å². The van der Waals surface area contributed by atoms with E-state index in [1.54, 1.807) is 7.11 Å². The van der Waals surface area contributed by atoms with Crippen molar-refractivity contribution >= 4 is 16.9 Å². The normalized spacial score (nSPS) is 13.5. The Bertz CT molecular complexity index is 1230. The maximum absolute atomic E-state index is 11.8. The lowest BCUT2D eigenvalue weighted by Gasteiger charge is -2.10. The van der Waals surface area contributed by atoms with Crippen LogP contribution in [0.3, 0.4) is 0 Å². The van der Waals surface area contributed by atoms with Crippen LogP contribution < -0.4 is 4.74 Å². The van der Waals surface area contributed by atoms with E-state index in [9.17, 15) is 9.90 Å². The maximum Gasteiger partial charge on any atom is 0.335 e. The zero-order chi connectivity index (χ0) is 20.7. The Morgan fingerprint density at radius 1 is 1.03 bits per heavy atom. The van der Waals surface area contributed by atoms with Gasteiger partial charge in [0, 0.05) is 17.3 Å². The van der Waals surface area contributed by atoms with Gasteiger partial charge < -0.3 is 14.4 Å². The molecule has 0 aliphatic heterocycles. The van der Waals surface area contributed by atoms with Crippen LogP contribution in [0.1, 0.15) is 45.8 Å². The Labute approximate surface area is 175 Å². The van der Waals surface area contributed by atoms with Gasteiger partial charge in [-0.05, 0) is 90.4 Å². The topological polar surface area (TPSA) is 51.5 Å². The number of nitrogens with zero attached hydrogens (tertiary/aromatic N) is 1. The molecule has 1 N–H and O–H groups in total. The molecule has 1 aromatic heterocycles. The summed E-state index contributed by atoms with van der Waals surface area (Å²) in [6.45, 7) is 0. The summed E-state index contributed by atoms with van der Waals surface area (Å²) in [6, 6.07) is 22.4. The highest BCUT2D eigenvalue weighted by Crippen LogP contribution is 2.40. The lowest BCUT2D eigenvalue weighted by molar-refractivity contribution is 0.0695. The first kappa shape index (κ1) is 18.5. The zero-order valence-electron chi connectivity index (χ0n) is 16.8. The molecule has 5 rings (SSSR count). The first-order valence-corrected chi connectivity index (χ1v) is 10.2. The molecule has 4 aromatic rings. The van der Waals surface area contributed by atoms with Gasteiger partial charge in [0.1, 0.15) is 5.75 Å². The van der Waals surface area contributed by atoms with E-state index in [1.807, 2.05) is 36.4 Å². The number of methoxy groups -OCH3 is 1. The number of rotatable bonds is 6. The van der Waals surface area contributed by atoms with E-state index in [0.717, 1.165) is 39.0 Å². The highest BCUT2D eigenvalue weighted by atomic mass is 16.5. The van der Waals surface area contributed by atoms with Crippen LogP contribution in [0.2, 0.25) is 0 Å². The van der Waals surface area contributed by atoms with E-state index >= 15 is 0 Å². The predicted molar refractivity (Wildman–Crippen MR) is 118 cm³/mol. The fraction of sp³-hybridized carbons (Fsp3) is 0.192. The van der Waals surface area contributed by atoms with Gasteiger partial charge >= 0.3 is 5.97 Å². The minimum absolute atomic E-state index is 0.426. The monoisotopic (exact) mass is 397 g/mol. The number of fused-ring (bicyclic) bond motifs is 1. The molecule has 4 heteroatoms. The van der Waals surface area contributed by atoms with Crippen molar-refractivity contribution in [2.75, 3.05) is 7.11 Å². The summed E-state index contributed by atoms with van der Waals surface area (Å²) in [5.74, 6) is 0.532. The third-order valence-electron chi connectivity index (χ3n) is 5.91. The number of hydrogen-bond acceptors (Lipinski definition) is 2. The highest BCUT2D eigenvalue weighted by molar-refractivity contribution is 5.90. The van der Waals surface area contributed by atoms with Crippen molar-refractivity contribution in [2.45, 2.75) is 25.2 Å². The van der Waals surface area contributed by atoms with Crippen LogP contribution in [0.5, 0.6) is 5.75 Å². The Hall–Kier alpha value is -3.53. The molecule has 0 radical (unpaired) electrons. The van der Waals surface area contributed by atoms with E-state index in [4.69, 9.17) is 4.74 Å². The average molecular weight is 397 g/mol. The lowest BCUT2D eigenvalue weighted by atomic mass is 9.96. The Kier molecular flexibility index (Phi) is 4.55. The van der Waals surface area contributed by atoms with E-state index in [0.29, 0.717) is 17.9 Å². The molecule has 1 heterocycles. The molecule has 30 heavy (non-hydrogen) atoms. The molecule has 0 amide bonds. The minimum Gasteiger partial charge on any atom is -0.497 e. The van der Waals surface area contributed by atoms with Crippen molar-refractivity contribution in [3.05, 3.63) is 95.2 Å². The standard InChI is InChI=1S/C26H23NO3/c1-30-23-9-7-22(8-10-23)27-13-12-21-15-17(2-11-25(21)27)14-20-6-5-19(18-3-4-18)16-24(20)26(28)29/h2,5-13,15-16,18H,3-4,14H2,1H3,(H,28,29). The molecular weight excluding hydrogens is 374 g/mol. The fourth-order valence-corrected chi connectivity index (χ4v) is 4.11. The summed E-state index contributed by atoms with van der Waals surface area (Å²) in [5, 5.41) is 10.8. The summed E-state index contributed by atoms with van der Waals surface area (Å²) >= 11 is 0. The fourth-order valence-electron chi connectivity index (χ4n) is 4.11. The second kappa shape index (κ2) is 7.38. The molecule has 4 nitrogen and oxygen atoms in total. The molecule has 1 aliphatic rings. The lowest BCUT2D eigenvalue weighted by Crippen LogP contribution is -2.04. The number of hydrogen-bond donors (Lipinski definition) is 1. The maximum atomic E-state index is 11.8. The summed E-state index contributed by atoms with van der Waals surface area (Å²) in [6.07, 6.45) is 5.00. The van der Waals surface area contributed by atoms with Crippen LogP contribution in [0, 0.1) is 0 Å². The SMILES string of the molecule is COc1ccc(-n2ccc3cc(Cc4ccc(C5CC5)cc4C(=O)O)ccc32)cc1. The second-order valence-electron chi connectivity index (χ2n) is 7.95. The molecule has 3 aromatic carbocycles. The van der Waals surface area contributed by atoms with Crippen molar-refractivity contribution < 1.29 is 14.6 Å². The van der Waals surface area contributed by atoms with Crippen LogP contribution in [0.25, 0.3) is 16.6 Å². The molecule has 150 valence electrons. The van der Waals surface area contributed by atoms with Gasteiger partial charge in [-0.25, -0.2) is 4.79 Å². The largest absolute Gasteiger partial charge is 0.497 e.